The average molecular weight is 651 g/mol. The molecule has 0 atom stereocenters. The average Bonchev–Trinajstić information content (AvgIpc) is 3.55. The zero-order valence-electron chi connectivity index (χ0n) is 25.0. The van der Waals surface area contributed by atoms with Gasteiger partial charge in [0.2, 0.25) is 0 Å². The van der Waals surface area contributed by atoms with Gasteiger partial charge in [0.1, 0.15) is 0 Å². The molecule has 2 aliphatic heterocycles. The van der Waals surface area contributed by atoms with Gasteiger partial charge in [-0.2, -0.15) is 0 Å². The van der Waals surface area contributed by atoms with Crippen molar-refractivity contribution in [2.75, 3.05) is 21.3 Å². The minimum atomic E-state index is -0.827. The van der Waals surface area contributed by atoms with E-state index < -0.39 is 11.9 Å². The van der Waals surface area contributed by atoms with Crippen molar-refractivity contribution >= 4 is 69.2 Å². The van der Waals surface area contributed by atoms with E-state index in [0.717, 1.165) is 45.0 Å². The van der Waals surface area contributed by atoms with Crippen LogP contribution in [0.2, 0.25) is 5.02 Å². The van der Waals surface area contributed by atoms with Crippen molar-refractivity contribution in [3.05, 3.63) is 131 Å². The summed E-state index contributed by atoms with van der Waals surface area (Å²) in [6, 6.07) is 27.7. The van der Waals surface area contributed by atoms with Crippen LogP contribution in [0.1, 0.15) is 35.1 Å². The van der Waals surface area contributed by atoms with Crippen LogP contribution in [0.25, 0.3) is 11.1 Å². The molecule has 2 amide bonds. The maximum absolute atomic E-state index is 12.1. The molecule has 0 bridgehead atoms. The number of rotatable bonds is 10. The third-order valence-electron chi connectivity index (χ3n) is 7.38. The van der Waals surface area contributed by atoms with Crippen LogP contribution >= 0.6 is 11.6 Å². The molecule has 4 aromatic rings. The number of aryl methyl sites for hydroxylation is 2. The van der Waals surface area contributed by atoms with Gasteiger partial charge in [0, 0.05) is 64.1 Å². The lowest BCUT2D eigenvalue weighted by molar-refractivity contribution is -0.138. The summed E-state index contributed by atoms with van der Waals surface area (Å²) in [5.41, 5.74) is 7.78. The largest absolute Gasteiger partial charge is 0.481 e. The van der Waals surface area contributed by atoms with Crippen LogP contribution in [0.5, 0.6) is 0 Å². The summed E-state index contributed by atoms with van der Waals surface area (Å²) in [6.07, 6.45) is 4.49. The van der Waals surface area contributed by atoms with Crippen molar-refractivity contribution in [2.24, 2.45) is 0 Å². The molecule has 0 radical (unpaired) electrons. The number of carbonyl (C=O) groups excluding carboxylic acids is 2. The Morgan fingerprint density at radius 1 is 0.638 bits per heavy atom. The molecule has 0 aromatic heterocycles. The van der Waals surface area contributed by atoms with Crippen LogP contribution in [0.3, 0.4) is 0 Å². The molecule has 2 aliphatic rings. The first kappa shape index (κ1) is 32.5. The van der Waals surface area contributed by atoms with Gasteiger partial charge in [-0.1, -0.05) is 54.1 Å². The molecular formula is C36H31ClN4O6. The van der Waals surface area contributed by atoms with Crippen LogP contribution < -0.4 is 21.3 Å². The molecule has 11 heteroatoms. The smallest absolute Gasteiger partial charge is 0.303 e. The highest BCUT2D eigenvalue weighted by molar-refractivity contribution is 6.34. The van der Waals surface area contributed by atoms with E-state index in [2.05, 4.69) is 21.3 Å². The number of amides is 2. The summed E-state index contributed by atoms with van der Waals surface area (Å²) in [6.45, 7) is 0. The number of aliphatic carboxylic acids is 2. The second-order valence-electron chi connectivity index (χ2n) is 10.7. The van der Waals surface area contributed by atoms with E-state index in [0.29, 0.717) is 29.0 Å². The van der Waals surface area contributed by atoms with Gasteiger partial charge < -0.3 is 31.5 Å². The summed E-state index contributed by atoms with van der Waals surface area (Å²) in [4.78, 5) is 45.3. The van der Waals surface area contributed by atoms with Gasteiger partial charge in [-0.05, 0) is 72.5 Å². The molecule has 0 fully saturated rings. The molecule has 6 N–H and O–H groups in total. The van der Waals surface area contributed by atoms with Crippen molar-refractivity contribution < 1.29 is 29.4 Å². The lowest BCUT2D eigenvalue weighted by Crippen LogP contribution is -2.05. The fourth-order valence-electron chi connectivity index (χ4n) is 4.98. The van der Waals surface area contributed by atoms with Crippen LogP contribution in [-0.2, 0) is 32.0 Å². The number of halogens is 1. The van der Waals surface area contributed by atoms with Crippen molar-refractivity contribution in [3.8, 4) is 0 Å². The van der Waals surface area contributed by atoms with Crippen LogP contribution in [0, 0.1) is 0 Å². The third kappa shape index (κ3) is 8.65. The summed E-state index contributed by atoms with van der Waals surface area (Å²) in [5, 5.41) is 29.8. The molecule has 47 heavy (non-hydrogen) atoms. The predicted molar refractivity (Wildman–Crippen MR) is 183 cm³/mol. The number of carboxylic acids is 2. The number of carbonyl (C=O) groups is 4. The molecule has 4 aromatic carbocycles. The monoisotopic (exact) mass is 650 g/mol. The van der Waals surface area contributed by atoms with Crippen LogP contribution in [0.15, 0.2) is 103 Å². The van der Waals surface area contributed by atoms with E-state index in [9.17, 15) is 19.2 Å². The van der Waals surface area contributed by atoms with E-state index in [1.165, 1.54) is 0 Å². The Balaban J connectivity index is 0.000000185. The molecule has 238 valence electrons. The number of hydrogen-bond donors (Lipinski definition) is 6. The highest BCUT2D eigenvalue weighted by Gasteiger charge is 2.24. The number of nitrogens with one attached hydrogen (secondary N) is 4. The zero-order chi connectivity index (χ0) is 33.3. The predicted octanol–water partition coefficient (Wildman–Crippen LogP) is 6.87. The standard InChI is InChI=1S/C18H15ClN2O3.C18H16N2O3/c19-12-5-6-16-14(9-12)15(18(24)21-16)10-20-13-3-1-2-11(8-13)4-7-17(22)23;21-17(22)10-7-12-5-8-13(9-6-12)19-11-15-14-3-1-2-4-16(14)20-18(15)23/h1-3,5-6,8-10,20H,4,7H2,(H,21,24)(H,22,23);1-6,8-9,11,19H,7,10H2,(H,20,23)(H,21,22). The molecule has 0 saturated heterocycles. The van der Waals surface area contributed by atoms with Gasteiger partial charge in [0.15, 0.2) is 0 Å². The highest BCUT2D eigenvalue weighted by Crippen LogP contribution is 2.34. The Kier molecular flexibility index (Phi) is 10.3. The van der Waals surface area contributed by atoms with Crippen molar-refractivity contribution in [1.82, 2.24) is 0 Å². The molecule has 0 saturated carbocycles. The summed E-state index contributed by atoms with van der Waals surface area (Å²) < 4.78 is 0. The van der Waals surface area contributed by atoms with Gasteiger partial charge >= 0.3 is 11.9 Å². The van der Waals surface area contributed by atoms with Crippen molar-refractivity contribution in [3.63, 3.8) is 0 Å². The number of anilines is 4. The fraction of sp³-hybridized carbons (Fsp3) is 0.111. The minimum absolute atomic E-state index is 0.0822. The number of carboxylic acid groups (broad SMARTS) is 2. The fourth-order valence-corrected chi connectivity index (χ4v) is 5.16. The third-order valence-corrected chi connectivity index (χ3v) is 7.61. The highest BCUT2D eigenvalue weighted by atomic mass is 35.5. The summed E-state index contributed by atoms with van der Waals surface area (Å²) >= 11 is 6.00. The number of para-hydroxylation sites is 1. The second kappa shape index (κ2) is 14.9. The Morgan fingerprint density at radius 3 is 1.91 bits per heavy atom. The molecule has 0 aliphatic carbocycles. The van der Waals surface area contributed by atoms with Gasteiger partial charge in [-0.15, -0.1) is 0 Å². The quantitative estimate of drug-likeness (QED) is 0.102. The second-order valence-corrected chi connectivity index (χ2v) is 11.2. The SMILES string of the molecule is O=C(O)CCc1ccc(NC=C2C(=O)Nc3ccccc32)cc1.O=C(O)CCc1cccc(NC=C2C(=O)Nc3ccc(Cl)cc32)c1. The van der Waals surface area contributed by atoms with Crippen molar-refractivity contribution in [2.45, 2.75) is 25.7 Å². The lowest BCUT2D eigenvalue weighted by Gasteiger charge is -2.05. The van der Waals surface area contributed by atoms with Crippen LogP contribution in [-0.4, -0.2) is 34.0 Å². The molecule has 6 rings (SSSR count). The maximum Gasteiger partial charge on any atom is 0.303 e. The Labute approximate surface area is 275 Å². The van der Waals surface area contributed by atoms with E-state index in [4.69, 9.17) is 21.8 Å². The van der Waals surface area contributed by atoms with Gasteiger partial charge in [-0.25, -0.2) is 0 Å². The number of benzene rings is 4. The first-order valence-corrected chi connectivity index (χ1v) is 15.1. The van der Waals surface area contributed by atoms with Crippen LogP contribution in [0.4, 0.5) is 22.7 Å². The zero-order valence-corrected chi connectivity index (χ0v) is 25.8. The Bertz CT molecular complexity index is 1900. The van der Waals surface area contributed by atoms with Gasteiger partial charge in [0.05, 0.1) is 11.1 Å². The van der Waals surface area contributed by atoms with Gasteiger partial charge in [-0.3, -0.25) is 19.2 Å². The number of fused-ring (bicyclic) bond motifs is 2. The molecule has 2 heterocycles. The molecular weight excluding hydrogens is 620 g/mol. The van der Waals surface area contributed by atoms with E-state index in [1.807, 2.05) is 72.8 Å². The maximum atomic E-state index is 12.1. The topological polar surface area (TPSA) is 157 Å². The first-order chi connectivity index (χ1) is 22.7. The Hall–Kier alpha value is -5.87. The van der Waals surface area contributed by atoms with Gasteiger partial charge in [0.25, 0.3) is 11.8 Å². The summed E-state index contributed by atoms with van der Waals surface area (Å²) in [5.74, 6) is -1.95. The molecule has 10 nitrogen and oxygen atoms in total. The summed E-state index contributed by atoms with van der Waals surface area (Å²) in [7, 11) is 0. The lowest BCUT2D eigenvalue weighted by atomic mass is 10.1. The minimum Gasteiger partial charge on any atom is -0.481 e. The molecule has 0 unspecified atom stereocenters. The normalized spacial score (nSPS) is 14.4. The van der Waals surface area contributed by atoms with E-state index >= 15 is 0 Å². The van der Waals surface area contributed by atoms with E-state index in [-0.39, 0.29) is 24.7 Å². The molecule has 0 spiro atoms. The Morgan fingerprint density at radius 2 is 1.23 bits per heavy atom. The number of hydrogen-bond acceptors (Lipinski definition) is 6. The first-order valence-electron chi connectivity index (χ1n) is 14.7. The van der Waals surface area contributed by atoms with Crippen molar-refractivity contribution in [1.29, 1.82) is 0 Å². The van der Waals surface area contributed by atoms with E-state index in [1.54, 1.807) is 30.6 Å².